The van der Waals surface area contributed by atoms with Crippen LogP contribution in [0.15, 0.2) is 71.0 Å². The molecule has 3 aliphatic rings. The molecule has 1 saturated heterocycles. The lowest BCUT2D eigenvalue weighted by atomic mass is 9.84. The van der Waals surface area contributed by atoms with Gasteiger partial charge in [-0.25, -0.2) is 0 Å². The van der Waals surface area contributed by atoms with Gasteiger partial charge in [0.25, 0.3) is 0 Å². The van der Waals surface area contributed by atoms with E-state index in [1.165, 1.54) is 53.5 Å². The highest BCUT2D eigenvalue weighted by Crippen LogP contribution is 2.44. The minimum Gasteiger partial charge on any atom is -0.493 e. The Balaban J connectivity index is 1.84. The van der Waals surface area contributed by atoms with E-state index in [4.69, 9.17) is 9.47 Å². The summed E-state index contributed by atoms with van der Waals surface area (Å²) in [5.41, 5.74) is 6.90. The SMILES string of the molecule is CCOC1=C(/C(=C/C(C)C)c2ccccc2)C(N2CCOCC2)C(C2=CCCCC2)=C1. The molecule has 166 valence electrons. The second-order valence-electron chi connectivity index (χ2n) is 9.03. The normalized spacial score (nSPS) is 23.2. The molecule has 3 heteroatoms. The molecular formula is C28H37NO2. The average molecular weight is 420 g/mol. The molecule has 0 amide bonds. The number of hydrogen-bond acceptors (Lipinski definition) is 3. The van der Waals surface area contributed by atoms with Crippen LogP contribution >= 0.6 is 0 Å². The molecule has 1 atom stereocenters. The number of ether oxygens (including phenoxy) is 2. The first kappa shape index (κ1) is 22.1. The van der Waals surface area contributed by atoms with Crippen LogP contribution in [0.5, 0.6) is 0 Å². The lowest BCUT2D eigenvalue weighted by molar-refractivity contribution is 0.0305. The molecule has 1 heterocycles. The maximum absolute atomic E-state index is 6.32. The quantitative estimate of drug-likeness (QED) is 0.528. The third kappa shape index (κ3) is 5.05. The van der Waals surface area contributed by atoms with Crippen molar-refractivity contribution >= 4 is 5.57 Å². The minimum atomic E-state index is 0.236. The summed E-state index contributed by atoms with van der Waals surface area (Å²) in [6.45, 7) is 10.8. The van der Waals surface area contributed by atoms with Crippen molar-refractivity contribution in [3.8, 4) is 0 Å². The Morgan fingerprint density at radius 2 is 1.94 bits per heavy atom. The van der Waals surface area contributed by atoms with E-state index in [9.17, 15) is 0 Å². The molecule has 2 aliphatic carbocycles. The van der Waals surface area contributed by atoms with E-state index in [0.717, 1.165) is 32.1 Å². The monoisotopic (exact) mass is 419 g/mol. The Morgan fingerprint density at radius 3 is 2.58 bits per heavy atom. The number of allylic oxidation sites excluding steroid dienone is 3. The van der Waals surface area contributed by atoms with E-state index in [2.05, 4.69) is 74.2 Å². The Bertz CT molecular complexity index is 870. The van der Waals surface area contributed by atoms with Crippen molar-refractivity contribution < 1.29 is 9.47 Å². The number of benzene rings is 1. The highest BCUT2D eigenvalue weighted by molar-refractivity contribution is 5.84. The molecule has 1 aromatic carbocycles. The van der Waals surface area contributed by atoms with Gasteiger partial charge in [0.05, 0.1) is 25.9 Å². The van der Waals surface area contributed by atoms with E-state index < -0.39 is 0 Å². The zero-order chi connectivity index (χ0) is 21.6. The van der Waals surface area contributed by atoms with Crippen molar-refractivity contribution in [2.24, 2.45) is 5.92 Å². The fourth-order valence-electron chi connectivity index (χ4n) is 5.02. The van der Waals surface area contributed by atoms with E-state index >= 15 is 0 Å². The molecule has 0 radical (unpaired) electrons. The lowest BCUT2D eigenvalue weighted by Crippen LogP contribution is -2.45. The Hall–Kier alpha value is -2.10. The summed E-state index contributed by atoms with van der Waals surface area (Å²) in [5, 5.41) is 0. The summed E-state index contributed by atoms with van der Waals surface area (Å²) in [6, 6.07) is 11.1. The van der Waals surface area contributed by atoms with E-state index in [1.54, 1.807) is 0 Å². The van der Waals surface area contributed by atoms with Crippen LogP contribution in [0.4, 0.5) is 0 Å². The molecule has 1 unspecified atom stereocenters. The number of hydrogen-bond donors (Lipinski definition) is 0. The van der Waals surface area contributed by atoms with Crippen LogP contribution in [0.2, 0.25) is 0 Å². The van der Waals surface area contributed by atoms with Gasteiger partial charge in [0.15, 0.2) is 0 Å². The first-order chi connectivity index (χ1) is 15.2. The second kappa shape index (κ2) is 10.5. The molecule has 1 aliphatic heterocycles. The van der Waals surface area contributed by atoms with Gasteiger partial charge < -0.3 is 9.47 Å². The van der Waals surface area contributed by atoms with Gasteiger partial charge in [-0.05, 0) is 66.9 Å². The van der Waals surface area contributed by atoms with Crippen molar-refractivity contribution in [3.05, 3.63) is 76.6 Å². The first-order valence-corrected chi connectivity index (χ1v) is 12.1. The average Bonchev–Trinajstić information content (AvgIpc) is 3.18. The van der Waals surface area contributed by atoms with Crippen molar-refractivity contribution in [1.29, 1.82) is 0 Å². The lowest BCUT2D eigenvalue weighted by Gasteiger charge is -2.37. The van der Waals surface area contributed by atoms with E-state index in [1.807, 2.05) is 0 Å². The van der Waals surface area contributed by atoms with E-state index in [0.29, 0.717) is 12.5 Å². The molecule has 1 aromatic rings. The molecule has 0 spiro atoms. The highest BCUT2D eigenvalue weighted by atomic mass is 16.5. The maximum atomic E-state index is 6.32. The van der Waals surface area contributed by atoms with Gasteiger partial charge in [-0.15, -0.1) is 0 Å². The van der Waals surface area contributed by atoms with Gasteiger partial charge >= 0.3 is 0 Å². The highest BCUT2D eigenvalue weighted by Gasteiger charge is 2.38. The largest absolute Gasteiger partial charge is 0.493 e. The molecule has 0 N–H and O–H groups in total. The molecule has 31 heavy (non-hydrogen) atoms. The summed E-state index contributed by atoms with van der Waals surface area (Å²) in [7, 11) is 0. The summed E-state index contributed by atoms with van der Waals surface area (Å²) in [6.07, 6.45) is 12.2. The van der Waals surface area contributed by atoms with Gasteiger partial charge in [-0.3, -0.25) is 4.90 Å². The van der Waals surface area contributed by atoms with Gasteiger partial charge in [0.2, 0.25) is 0 Å². The molecule has 0 saturated carbocycles. The van der Waals surface area contributed by atoms with Gasteiger partial charge in [-0.1, -0.05) is 56.3 Å². The molecular weight excluding hydrogens is 382 g/mol. The zero-order valence-electron chi connectivity index (χ0n) is 19.4. The van der Waals surface area contributed by atoms with Crippen molar-refractivity contribution in [2.75, 3.05) is 32.9 Å². The van der Waals surface area contributed by atoms with Crippen molar-refractivity contribution in [1.82, 2.24) is 4.90 Å². The number of rotatable bonds is 7. The fraction of sp³-hybridized carbons (Fsp3) is 0.500. The standard InChI is InChI=1S/C28H37NO2/c1-4-31-26-20-25(23-13-9-6-10-14-23)28(29-15-17-30-18-16-29)27(26)24(19-21(2)3)22-11-7-5-8-12-22/h5,7-8,11-13,19-21,28H,4,6,9-10,14-18H2,1-3H3/b24-19+. The zero-order valence-corrected chi connectivity index (χ0v) is 19.4. The van der Waals surface area contributed by atoms with Crippen LogP contribution in [0.3, 0.4) is 0 Å². The van der Waals surface area contributed by atoms with Crippen LogP contribution in [0.1, 0.15) is 52.0 Å². The summed E-state index contributed by atoms with van der Waals surface area (Å²) >= 11 is 0. The van der Waals surface area contributed by atoms with Gasteiger partial charge in [0.1, 0.15) is 5.76 Å². The summed E-state index contributed by atoms with van der Waals surface area (Å²) < 4.78 is 12.0. The summed E-state index contributed by atoms with van der Waals surface area (Å²) in [5.74, 6) is 1.50. The molecule has 3 nitrogen and oxygen atoms in total. The second-order valence-corrected chi connectivity index (χ2v) is 9.03. The topological polar surface area (TPSA) is 21.7 Å². The molecule has 1 fully saturated rings. The Morgan fingerprint density at radius 1 is 1.16 bits per heavy atom. The first-order valence-electron chi connectivity index (χ1n) is 12.1. The smallest absolute Gasteiger partial charge is 0.125 e. The van der Waals surface area contributed by atoms with Gasteiger partial charge in [0, 0.05) is 18.7 Å². The molecule has 4 rings (SSSR count). The number of morpholine rings is 1. The predicted molar refractivity (Wildman–Crippen MR) is 129 cm³/mol. The third-order valence-corrected chi connectivity index (χ3v) is 6.37. The van der Waals surface area contributed by atoms with Crippen LogP contribution < -0.4 is 0 Å². The van der Waals surface area contributed by atoms with Crippen molar-refractivity contribution in [3.63, 3.8) is 0 Å². The Labute approximate surface area is 188 Å². The molecule has 0 aromatic heterocycles. The minimum absolute atomic E-state index is 0.236. The van der Waals surface area contributed by atoms with Crippen LogP contribution in [0, 0.1) is 5.92 Å². The fourth-order valence-corrected chi connectivity index (χ4v) is 5.02. The maximum Gasteiger partial charge on any atom is 0.125 e. The van der Waals surface area contributed by atoms with Gasteiger partial charge in [-0.2, -0.15) is 0 Å². The number of nitrogens with zero attached hydrogens (tertiary/aromatic N) is 1. The van der Waals surface area contributed by atoms with Crippen LogP contribution in [-0.2, 0) is 9.47 Å². The van der Waals surface area contributed by atoms with Crippen LogP contribution in [0.25, 0.3) is 5.57 Å². The summed E-state index contributed by atoms with van der Waals surface area (Å²) in [4.78, 5) is 2.61. The van der Waals surface area contributed by atoms with Crippen molar-refractivity contribution in [2.45, 2.75) is 52.5 Å². The Kier molecular flexibility index (Phi) is 7.47. The third-order valence-electron chi connectivity index (χ3n) is 6.37. The molecule has 0 bridgehead atoms. The predicted octanol–water partition coefficient (Wildman–Crippen LogP) is 6.16. The van der Waals surface area contributed by atoms with Crippen LogP contribution in [-0.4, -0.2) is 43.9 Å². The van der Waals surface area contributed by atoms with E-state index in [-0.39, 0.29) is 6.04 Å².